The zero-order valence-electron chi connectivity index (χ0n) is 19.1. The van der Waals surface area contributed by atoms with Crippen LogP contribution in [0.5, 0.6) is 0 Å². The van der Waals surface area contributed by atoms with Crippen LogP contribution in [-0.4, -0.2) is 17.7 Å². The number of anilines is 2. The van der Waals surface area contributed by atoms with E-state index in [1.165, 1.54) is 10.5 Å². The fourth-order valence-corrected chi connectivity index (χ4v) is 5.44. The van der Waals surface area contributed by atoms with Gasteiger partial charge in [-0.05, 0) is 66.6 Å². The van der Waals surface area contributed by atoms with E-state index in [1.807, 2.05) is 42.5 Å². The molecule has 0 radical (unpaired) electrons. The van der Waals surface area contributed by atoms with Crippen LogP contribution in [0, 0.1) is 11.3 Å². The Hall–Kier alpha value is -3.69. The van der Waals surface area contributed by atoms with Crippen LogP contribution in [0.4, 0.5) is 11.4 Å². The number of nitriles is 1. The molecule has 5 rings (SSSR count). The third-order valence-corrected chi connectivity index (χ3v) is 7.46. The highest BCUT2D eigenvalue weighted by atomic mass is 32.2. The molecule has 1 aliphatic rings. The van der Waals surface area contributed by atoms with Gasteiger partial charge in [-0.25, -0.2) is 0 Å². The molecule has 0 unspecified atom stereocenters. The molecule has 1 saturated heterocycles. The van der Waals surface area contributed by atoms with Gasteiger partial charge in [0.15, 0.2) is 0 Å². The number of rotatable bonds is 5. The van der Waals surface area contributed by atoms with Crippen LogP contribution < -0.4 is 15.2 Å². The van der Waals surface area contributed by atoms with Crippen molar-refractivity contribution in [2.75, 3.05) is 22.7 Å². The number of hydrogen-bond donors (Lipinski definition) is 1. The van der Waals surface area contributed by atoms with Crippen molar-refractivity contribution in [3.63, 3.8) is 0 Å². The summed E-state index contributed by atoms with van der Waals surface area (Å²) in [6, 6.07) is 29.0. The first kappa shape index (κ1) is 22.1. The Morgan fingerprint density at radius 1 is 0.941 bits per heavy atom. The van der Waals surface area contributed by atoms with E-state index in [0.29, 0.717) is 5.92 Å². The van der Waals surface area contributed by atoms with Crippen LogP contribution in [0.1, 0.15) is 29.9 Å². The minimum Gasteiger partial charge on any atom is -0.370 e. The predicted octanol–water partition coefficient (Wildman–Crippen LogP) is 5.91. The molecule has 0 atom stereocenters. The Morgan fingerprint density at radius 2 is 1.62 bits per heavy atom. The van der Waals surface area contributed by atoms with Gasteiger partial charge in [0.25, 0.3) is 5.56 Å². The SMILES string of the molecule is Cn1c(=O)c(C#N)c(N2CCC(c3ccc(NSc4ccccc4)cc3)CC2)c2ccccc21. The van der Waals surface area contributed by atoms with E-state index in [9.17, 15) is 10.1 Å². The molecule has 0 spiro atoms. The smallest absolute Gasteiger partial charge is 0.270 e. The lowest BCUT2D eigenvalue weighted by Crippen LogP contribution is -2.35. The van der Waals surface area contributed by atoms with Gasteiger partial charge in [0.2, 0.25) is 0 Å². The summed E-state index contributed by atoms with van der Waals surface area (Å²) < 4.78 is 4.98. The van der Waals surface area contributed by atoms with E-state index in [2.05, 4.69) is 52.1 Å². The molecule has 0 aliphatic carbocycles. The molecule has 4 aromatic rings. The number of aromatic nitrogens is 1. The third kappa shape index (κ3) is 4.27. The van der Waals surface area contributed by atoms with Crippen LogP contribution >= 0.6 is 11.9 Å². The fraction of sp³-hybridized carbons (Fsp3) is 0.214. The maximum absolute atomic E-state index is 12.8. The van der Waals surface area contributed by atoms with Crippen molar-refractivity contribution >= 4 is 34.2 Å². The Morgan fingerprint density at radius 3 is 2.32 bits per heavy atom. The van der Waals surface area contributed by atoms with Gasteiger partial charge < -0.3 is 14.2 Å². The number of hydrogen-bond acceptors (Lipinski definition) is 5. The van der Waals surface area contributed by atoms with Gasteiger partial charge in [-0.2, -0.15) is 5.26 Å². The van der Waals surface area contributed by atoms with E-state index >= 15 is 0 Å². The summed E-state index contributed by atoms with van der Waals surface area (Å²) in [6.45, 7) is 1.64. The number of nitrogens with one attached hydrogen (secondary N) is 1. The highest BCUT2D eigenvalue weighted by Crippen LogP contribution is 2.35. The molecule has 1 N–H and O–H groups in total. The lowest BCUT2D eigenvalue weighted by molar-refractivity contribution is 0.506. The average molecular weight is 467 g/mol. The lowest BCUT2D eigenvalue weighted by Gasteiger charge is -2.35. The van der Waals surface area contributed by atoms with E-state index < -0.39 is 0 Å². The number of pyridine rings is 1. The maximum Gasteiger partial charge on any atom is 0.270 e. The molecule has 170 valence electrons. The monoisotopic (exact) mass is 466 g/mol. The van der Waals surface area contributed by atoms with E-state index in [1.54, 1.807) is 23.6 Å². The molecule has 0 bridgehead atoms. The molecule has 1 aromatic heterocycles. The molecular formula is C28H26N4OS. The highest BCUT2D eigenvalue weighted by Gasteiger charge is 2.25. The molecule has 1 aliphatic heterocycles. The molecule has 34 heavy (non-hydrogen) atoms. The number of para-hydroxylation sites is 1. The van der Waals surface area contributed by atoms with Gasteiger partial charge in [0, 0.05) is 36.1 Å². The summed E-state index contributed by atoms with van der Waals surface area (Å²) in [7, 11) is 1.73. The predicted molar refractivity (Wildman–Crippen MR) is 140 cm³/mol. The van der Waals surface area contributed by atoms with Crippen LogP contribution in [0.15, 0.2) is 88.6 Å². The lowest BCUT2D eigenvalue weighted by atomic mass is 9.89. The molecule has 5 nitrogen and oxygen atoms in total. The summed E-state index contributed by atoms with van der Waals surface area (Å²) in [5, 5.41) is 10.8. The van der Waals surface area contributed by atoms with Crippen molar-refractivity contribution in [2.45, 2.75) is 23.7 Å². The molecule has 1 fully saturated rings. The molecule has 6 heteroatoms. The second-order valence-electron chi connectivity index (χ2n) is 8.62. The first-order chi connectivity index (χ1) is 16.7. The molecular weight excluding hydrogens is 440 g/mol. The van der Waals surface area contributed by atoms with E-state index in [-0.39, 0.29) is 11.1 Å². The average Bonchev–Trinajstić information content (AvgIpc) is 2.90. The van der Waals surface area contributed by atoms with Gasteiger partial charge >= 0.3 is 0 Å². The summed E-state index contributed by atoms with van der Waals surface area (Å²) in [4.78, 5) is 16.3. The van der Waals surface area contributed by atoms with Gasteiger partial charge in [-0.15, -0.1) is 0 Å². The Kier molecular flexibility index (Phi) is 6.29. The van der Waals surface area contributed by atoms with E-state index in [4.69, 9.17) is 0 Å². The maximum atomic E-state index is 12.8. The normalized spacial score (nSPS) is 14.2. The molecule has 2 heterocycles. The Labute approximate surface area is 203 Å². The van der Waals surface area contributed by atoms with Gasteiger partial charge in [-0.1, -0.05) is 48.5 Å². The molecule has 3 aromatic carbocycles. The minimum absolute atomic E-state index is 0.227. The van der Waals surface area contributed by atoms with Crippen LogP contribution in [0.3, 0.4) is 0 Å². The third-order valence-electron chi connectivity index (χ3n) is 6.61. The minimum atomic E-state index is -0.227. The van der Waals surface area contributed by atoms with Crippen molar-refractivity contribution in [1.29, 1.82) is 5.26 Å². The van der Waals surface area contributed by atoms with Crippen molar-refractivity contribution in [2.24, 2.45) is 7.05 Å². The molecule has 0 amide bonds. The summed E-state index contributed by atoms with van der Waals surface area (Å²) in [5.74, 6) is 0.468. The van der Waals surface area contributed by atoms with Gasteiger partial charge in [0.1, 0.15) is 11.6 Å². The number of fused-ring (bicyclic) bond motifs is 1. The highest BCUT2D eigenvalue weighted by molar-refractivity contribution is 8.00. The number of nitrogens with zero attached hydrogens (tertiary/aromatic N) is 3. The van der Waals surface area contributed by atoms with E-state index in [0.717, 1.165) is 48.2 Å². The number of piperidine rings is 1. The quantitative estimate of drug-likeness (QED) is 0.370. The van der Waals surface area contributed by atoms with Crippen LogP contribution in [-0.2, 0) is 7.05 Å². The van der Waals surface area contributed by atoms with Crippen molar-refractivity contribution in [3.8, 4) is 6.07 Å². The number of aryl methyl sites for hydroxylation is 1. The Balaban J connectivity index is 1.30. The fourth-order valence-electron chi connectivity index (χ4n) is 4.77. The first-order valence-corrected chi connectivity index (χ1v) is 12.3. The second-order valence-corrected chi connectivity index (χ2v) is 9.50. The summed E-state index contributed by atoms with van der Waals surface area (Å²) >= 11 is 1.61. The Bertz CT molecular complexity index is 1400. The molecule has 0 saturated carbocycles. The number of benzene rings is 3. The zero-order valence-corrected chi connectivity index (χ0v) is 19.9. The summed E-state index contributed by atoms with van der Waals surface area (Å²) in [6.07, 6.45) is 1.97. The van der Waals surface area contributed by atoms with Gasteiger partial charge in [0.05, 0.1) is 11.2 Å². The first-order valence-electron chi connectivity index (χ1n) is 11.5. The standard InChI is InChI=1S/C28H26N4OS/c1-31-26-10-6-5-9-24(26)27(25(19-29)28(31)33)32-17-15-21(16-18-32)20-11-13-22(14-12-20)30-34-23-7-3-2-4-8-23/h2-14,21,30H,15-18H2,1H3. The zero-order chi connectivity index (χ0) is 23.5. The topological polar surface area (TPSA) is 61.1 Å². The summed E-state index contributed by atoms with van der Waals surface area (Å²) in [5.41, 5.74) is 4.09. The van der Waals surface area contributed by atoms with Crippen LogP contribution in [0.2, 0.25) is 0 Å². The largest absolute Gasteiger partial charge is 0.370 e. The van der Waals surface area contributed by atoms with Crippen molar-refractivity contribution < 1.29 is 0 Å². The second kappa shape index (κ2) is 9.66. The van der Waals surface area contributed by atoms with Crippen LogP contribution in [0.25, 0.3) is 10.9 Å². The van der Waals surface area contributed by atoms with Crippen molar-refractivity contribution in [3.05, 3.63) is 100 Å². The van der Waals surface area contributed by atoms with Crippen molar-refractivity contribution in [1.82, 2.24) is 4.57 Å². The van der Waals surface area contributed by atoms with Gasteiger partial charge in [-0.3, -0.25) is 4.79 Å².